The Morgan fingerprint density at radius 2 is 1.88 bits per heavy atom. The molecule has 0 bridgehead atoms. The lowest BCUT2D eigenvalue weighted by atomic mass is 10.1. The average molecular weight is 344 g/mol. The minimum Gasteiger partial charge on any atom is -0.323 e. The highest BCUT2D eigenvalue weighted by molar-refractivity contribution is 6.08. The Kier molecular flexibility index (Phi) is 3.81. The van der Waals surface area contributed by atoms with Crippen LogP contribution in [0.4, 0.5) is 17.6 Å². The second kappa shape index (κ2) is 5.57. The summed E-state index contributed by atoms with van der Waals surface area (Å²) in [6.07, 6.45) is -3.98. The summed E-state index contributed by atoms with van der Waals surface area (Å²) in [5.74, 6) is -3.50. The summed E-state index contributed by atoms with van der Waals surface area (Å²) in [6.45, 7) is 0. The standard InChI is InChI=1S/C15H12F4N2O3/c16-10-4-1-7(5-9(10)15(17,18)19)14(24)21(8-2-3-8)11-6-12(22)20-13(11)23/h1,4-5,8,11H,2-3,6H2,(H,20,22,23)/t11-/m0/s1. The largest absolute Gasteiger partial charge is 0.419 e. The van der Waals surface area contributed by atoms with Crippen LogP contribution in [0.5, 0.6) is 0 Å². The van der Waals surface area contributed by atoms with E-state index >= 15 is 0 Å². The molecule has 5 nitrogen and oxygen atoms in total. The number of carbonyl (C=O) groups excluding carboxylic acids is 3. The van der Waals surface area contributed by atoms with E-state index in [1.54, 1.807) is 0 Å². The molecule has 0 aromatic heterocycles. The van der Waals surface area contributed by atoms with E-state index in [4.69, 9.17) is 0 Å². The van der Waals surface area contributed by atoms with Crippen molar-refractivity contribution in [1.82, 2.24) is 10.2 Å². The van der Waals surface area contributed by atoms with Gasteiger partial charge in [-0.3, -0.25) is 19.7 Å². The smallest absolute Gasteiger partial charge is 0.323 e. The molecule has 1 aliphatic carbocycles. The van der Waals surface area contributed by atoms with Crippen LogP contribution in [0.2, 0.25) is 0 Å². The van der Waals surface area contributed by atoms with E-state index in [1.807, 2.05) is 0 Å². The van der Waals surface area contributed by atoms with Crippen LogP contribution >= 0.6 is 0 Å². The lowest BCUT2D eigenvalue weighted by Crippen LogP contribution is -2.46. The number of hydrogen-bond donors (Lipinski definition) is 1. The van der Waals surface area contributed by atoms with Crippen LogP contribution in [0, 0.1) is 5.82 Å². The monoisotopic (exact) mass is 344 g/mol. The topological polar surface area (TPSA) is 66.5 Å². The number of amides is 3. The van der Waals surface area contributed by atoms with Gasteiger partial charge in [-0.1, -0.05) is 0 Å². The van der Waals surface area contributed by atoms with Crippen molar-refractivity contribution < 1.29 is 31.9 Å². The fourth-order valence-electron chi connectivity index (χ4n) is 2.70. The Morgan fingerprint density at radius 1 is 1.21 bits per heavy atom. The van der Waals surface area contributed by atoms with Gasteiger partial charge in [-0.05, 0) is 31.0 Å². The average Bonchev–Trinajstić information content (AvgIpc) is 3.24. The van der Waals surface area contributed by atoms with Crippen LogP contribution < -0.4 is 5.32 Å². The highest BCUT2D eigenvalue weighted by atomic mass is 19.4. The Bertz CT molecular complexity index is 728. The van der Waals surface area contributed by atoms with E-state index in [2.05, 4.69) is 5.32 Å². The number of rotatable bonds is 3. The maximum Gasteiger partial charge on any atom is 0.419 e. The number of alkyl halides is 3. The van der Waals surface area contributed by atoms with Gasteiger partial charge in [0.25, 0.3) is 5.91 Å². The van der Waals surface area contributed by atoms with Crippen molar-refractivity contribution in [3.8, 4) is 0 Å². The van der Waals surface area contributed by atoms with Gasteiger partial charge in [-0.2, -0.15) is 13.2 Å². The number of nitrogens with zero attached hydrogens (tertiary/aromatic N) is 1. The van der Waals surface area contributed by atoms with Gasteiger partial charge in [0.1, 0.15) is 11.9 Å². The number of hydrogen-bond acceptors (Lipinski definition) is 3. The molecule has 1 saturated heterocycles. The van der Waals surface area contributed by atoms with Gasteiger partial charge >= 0.3 is 6.18 Å². The summed E-state index contributed by atoms with van der Waals surface area (Å²) < 4.78 is 51.8. The van der Waals surface area contributed by atoms with Gasteiger partial charge in [-0.25, -0.2) is 4.39 Å². The van der Waals surface area contributed by atoms with Crippen LogP contribution in [0.1, 0.15) is 35.2 Å². The zero-order valence-electron chi connectivity index (χ0n) is 12.2. The quantitative estimate of drug-likeness (QED) is 0.672. The molecule has 3 amide bonds. The first-order valence-electron chi connectivity index (χ1n) is 7.21. The summed E-state index contributed by atoms with van der Waals surface area (Å²) in [5, 5.41) is 2.07. The van der Waals surface area contributed by atoms with Crippen molar-refractivity contribution in [3.63, 3.8) is 0 Å². The van der Waals surface area contributed by atoms with Gasteiger partial charge < -0.3 is 4.90 Å². The molecule has 3 rings (SSSR count). The summed E-state index contributed by atoms with van der Waals surface area (Å²) in [5.41, 5.74) is -1.92. The SMILES string of the molecule is O=C1C[C@H](N(C(=O)c2ccc(F)c(C(F)(F)F)c2)C2CC2)C(=O)N1. The minimum absolute atomic E-state index is 0.228. The van der Waals surface area contributed by atoms with E-state index in [0.717, 1.165) is 11.0 Å². The van der Waals surface area contributed by atoms with Gasteiger partial charge in [0.2, 0.25) is 11.8 Å². The molecule has 1 saturated carbocycles. The molecular weight excluding hydrogens is 332 g/mol. The lowest BCUT2D eigenvalue weighted by molar-refractivity contribution is -0.140. The highest BCUT2D eigenvalue weighted by Gasteiger charge is 2.45. The van der Waals surface area contributed by atoms with Crippen molar-refractivity contribution in [2.75, 3.05) is 0 Å². The molecule has 2 fully saturated rings. The first kappa shape index (κ1) is 16.4. The summed E-state index contributed by atoms with van der Waals surface area (Å²) in [6, 6.07) is 0.593. The first-order valence-corrected chi connectivity index (χ1v) is 7.21. The lowest BCUT2D eigenvalue weighted by Gasteiger charge is -2.27. The van der Waals surface area contributed by atoms with Gasteiger partial charge in [0, 0.05) is 11.6 Å². The predicted octanol–water partition coefficient (Wildman–Crippen LogP) is 1.86. The maximum absolute atomic E-state index is 13.4. The number of carbonyl (C=O) groups is 3. The molecule has 24 heavy (non-hydrogen) atoms. The third kappa shape index (κ3) is 2.98. The highest BCUT2D eigenvalue weighted by Crippen LogP contribution is 2.35. The predicted molar refractivity (Wildman–Crippen MR) is 72.1 cm³/mol. The molecule has 2 aliphatic rings. The molecule has 0 radical (unpaired) electrons. The fourth-order valence-corrected chi connectivity index (χ4v) is 2.70. The Labute approximate surface area is 133 Å². The first-order chi connectivity index (χ1) is 11.2. The molecule has 1 N–H and O–H groups in total. The zero-order chi connectivity index (χ0) is 17.6. The Hall–Kier alpha value is -2.45. The number of imide groups is 1. The normalized spacial score (nSPS) is 20.9. The second-order valence-electron chi connectivity index (χ2n) is 5.77. The van der Waals surface area contributed by atoms with Gasteiger partial charge in [0.05, 0.1) is 12.0 Å². The molecule has 9 heteroatoms. The third-order valence-corrected chi connectivity index (χ3v) is 3.97. The van der Waals surface area contributed by atoms with Crippen LogP contribution in [0.25, 0.3) is 0 Å². The molecule has 0 spiro atoms. The van der Waals surface area contributed by atoms with Gasteiger partial charge in [-0.15, -0.1) is 0 Å². The van der Waals surface area contributed by atoms with Crippen molar-refractivity contribution in [2.45, 2.75) is 37.5 Å². The molecule has 1 heterocycles. The Morgan fingerprint density at radius 3 is 2.38 bits per heavy atom. The maximum atomic E-state index is 13.4. The van der Waals surface area contributed by atoms with Gasteiger partial charge in [0.15, 0.2) is 0 Å². The molecule has 1 aromatic rings. The minimum atomic E-state index is -4.94. The summed E-state index contributed by atoms with van der Waals surface area (Å²) in [4.78, 5) is 36.9. The number of benzene rings is 1. The van der Waals surface area contributed by atoms with Crippen molar-refractivity contribution >= 4 is 17.7 Å². The molecular formula is C15H12F4N2O3. The number of halogens is 4. The summed E-state index contributed by atoms with van der Waals surface area (Å²) >= 11 is 0. The summed E-state index contributed by atoms with van der Waals surface area (Å²) in [7, 11) is 0. The zero-order valence-corrected chi connectivity index (χ0v) is 12.2. The number of nitrogens with one attached hydrogen (secondary N) is 1. The molecule has 1 atom stereocenters. The molecule has 0 unspecified atom stereocenters. The van der Waals surface area contributed by atoms with Crippen molar-refractivity contribution in [3.05, 3.63) is 35.1 Å². The van der Waals surface area contributed by atoms with E-state index in [1.165, 1.54) is 0 Å². The second-order valence-corrected chi connectivity index (χ2v) is 5.77. The van der Waals surface area contributed by atoms with Crippen LogP contribution in [0.3, 0.4) is 0 Å². The fraction of sp³-hybridized carbons (Fsp3) is 0.400. The van der Waals surface area contributed by atoms with E-state index in [-0.39, 0.29) is 18.0 Å². The molecule has 1 aliphatic heterocycles. The third-order valence-electron chi connectivity index (χ3n) is 3.97. The van der Waals surface area contributed by atoms with Crippen LogP contribution in [0.15, 0.2) is 18.2 Å². The van der Waals surface area contributed by atoms with E-state index in [0.29, 0.717) is 25.0 Å². The molecule has 128 valence electrons. The van der Waals surface area contributed by atoms with Crippen LogP contribution in [-0.2, 0) is 15.8 Å². The van der Waals surface area contributed by atoms with E-state index in [9.17, 15) is 31.9 Å². The van der Waals surface area contributed by atoms with Crippen molar-refractivity contribution in [1.29, 1.82) is 0 Å². The van der Waals surface area contributed by atoms with Crippen LogP contribution in [-0.4, -0.2) is 34.7 Å². The van der Waals surface area contributed by atoms with E-state index < -0.39 is 41.3 Å². The molecule has 1 aromatic carbocycles. The van der Waals surface area contributed by atoms with Crippen molar-refractivity contribution in [2.24, 2.45) is 0 Å². The Balaban J connectivity index is 1.94.